The summed E-state index contributed by atoms with van der Waals surface area (Å²) in [6, 6.07) is 10.1. The van der Waals surface area contributed by atoms with Crippen LogP contribution in [0, 0.1) is 5.82 Å². The van der Waals surface area contributed by atoms with Crippen molar-refractivity contribution >= 4 is 15.7 Å². The van der Waals surface area contributed by atoms with Gasteiger partial charge in [-0.05, 0) is 49.2 Å². The standard InChI is InChI=1S/C19H17FN2O4S/c1-25-17-10-14(6-9-16(17)20)22-27(23,24)15-7-4-12(5-8-15)18-11-21-19(26-18)13-2-3-13/h4-11,13,22H,2-3H2,1H3. The number of aromatic nitrogens is 1. The van der Waals surface area contributed by atoms with Crippen molar-refractivity contribution in [3.05, 3.63) is 60.4 Å². The Hall–Kier alpha value is -2.87. The Labute approximate surface area is 156 Å². The molecule has 3 aromatic rings. The SMILES string of the molecule is COc1cc(NS(=O)(=O)c2ccc(-c3cnc(C4CC4)o3)cc2)ccc1F. The molecule has 1 heterocycles. The summed E-state index contributed by atoms with van der Waals surface area (Å²) in [6.07, 6.45) is 3.84. The van der Waals surface area contributed by atoms with E-state index in [4.69, 9.17) is 9.15 Å². The van der Waals surface area contributed by atoms with Gasteiger partial charge in [0.1, 0.15) is 0 Å². The molecule has 0 amide bonds. The monoisotopic (exact) mass is 388 g/mol. The average molecular weight is 388 g/mol. The summed E-state index contributed by atoms with van der Waals surface area (Å²) in [4.78, 5) is 4.35. The summed E-state index contributed by atoms with van der Waals surface area (Å²) < 4.78 is 51.6. The second-order valence-electron chi connectivity index (χ2n) is 6.32. The van der Waals surface area contributed by atoms with Crippen molar-refractivity contribution in [1.29, 1.82) is 0 Å². The Bertz CT molecular complexity index is 1070. The number of rotatable bonds is 6. The van der Waals surface area contributed by atoms with E-state index in [0.717, 1.165) is 30.4 Å². The van der Waals surface area contributed by atoms with Crippen LogP contribution in [-0.2, 0) is 10.0 Å². The first-order chi connectivity index (χ1) is 13.0. The van der Waals surface area contributed by atoms with Crippen molar-refractivity contribution in [1.82, 2.24) is 4.98 Å². The number of halogens is 1. The maximum Gasteiger partial charge on any atom is 0.261 e. The van der Waals surface area contributed by atoms with Crippen LogP contribution in [0.4, 0.5) is 10.1 Å². The number of ether oxygens (including phenoxy) is 1. The highest BCUT2D eigenvalue weighted by atomic mass is 32.2. The number of oxazole rings is 1. The van der Waals surface area contributed by atoms with Crippen LogP contribution >= 0.6 is 0 Å². The second-order valence-corrected chi connectivity index (χ2v) is 8.00. The first kappa shape index (κ1) is 17.5. The number of anilines is 1. The summed E-state index contributed by atoms with van der Waals surface area (Å²) in [7, 11) is -2.51. The average Bonchev–Trinajstić information content (AvgIpc) is 3.40. The highest BCUT2D eigenvalue weighted by molar-refractivity contribution is 7.92. The zero-order valence-electron chi connectivity index (χ0n) is 14.5. The Kier molecular flexibility index (Phi) is 4.35. The van der Waals surface area contributed by atoms with Crippen molar-refractivity contribution < 1.29 is 22.0 Å². The molecule has 0 spiro atoms. The molecule has 140 valence electrons. The molecule has 8 heteroatoms. The molecule has 1 aliphatic rings. The van der Waals surface area contributed by atoms with Gasteiger partial charge in [0, 0.05) is 17.5 Å². The van der Waals surface area contributed by atoms with Crippen LogP contribution in [0.5, 0.6) is 5.75 Å². The molecule has 0 aliphatic heterocycles. The third kappa shape index (κ3) is 3.66. The Balaban J connectivity index is 1.54. The number of hydrogen-bond donors (Lipinski definition) is 1. The van der Waals surface area contributed by atoms with E-state index < -0.39 is 15.8 Å². The van der Waals surface area contributed by atoms with Gasteiger partial charge in [-0.2, -0.15) is 0 Å². The molecule has 0 radical (unpaired) electrons. The molecular formula is C19H17FN2O4S. The largest absolute Gasteiger partial charge is 0.494 e. The van der Waals surface area contributed by atoms with Crippen molar-refractivity contribution in [3.63, 3.8) is 0 Å². The van der Waals surface area contributed by atoms with E-state index in [9.17, 15) is 12.8 Å². The summed E-state index contributed by atoms with van der Waals surface area (Å²) in [5.74, 6) is 1.14. The quantitative estimate of drug-likeness (QED) is 0.685. The number of methoxy groups -OCH3 is 1. The number of nitrogens with zero attached hydrogens (tertiary/aromatic N) is 1. The fraction of sp³-hybridized carbons (Fsp3) is 0.211. The maximum atomic E-state index is 13.5. The third-order valence-corrected chi connectivity index (χ3v) is 5.70. The number of sulfonamides is 1. The molecule has 1 aliphatic carbocycles. The highest BCUT2D eigenvalue weighted by Crippen LogP contribution is 2.40. The van der Waals surface area contributed by atoms with Gasteiger partial charge >= 0.3 is 0 Å². The molecule has 1 aromatic heterocycles. The van der Waals surface area contributed by atoms with E-state index in [0.29, 0.717) is 11.7 Å². The zero-order chi connectivity index (χ0) is 19.0. The van der Waals surface area contributed by atoms with Crippen LogP contribution in [-0.4, -0.2) is 20.5 Å². The van der Waals surface area contributed by atoms with E-state index in [2.05, 4.69) is 9.71 Å². The zero-order valence-corrected chi connectivity index (χ0v) is 15.3. The lowest BCUT2D eigenvalue weighted by atomic mass is 10.2. The molecule has 0 unspecified atom stereocenters. The fourth-order valence-corrected chi connectivity index (χ4v) is 3.73. The van der Waals surface area contributed by atoms with Crippen LogP contribution in [0.25, 0.3) is 11.3 Å². The van der Waals surface area contributed by atoms with Crippen LogP contribution in [0.2, 0.25) is 0 Å². The van der Waals surface area contributed by atoms with E-state index in [1.165, 1.54) is 31.4 Å². The van der Waals surface area contributed by atoms with Gasteiger partial charge in [-0.3, -0.25) is 4.72 Å². The minimum absolute atomic E-state index is 0.0395. The Morgan fingerprint density at radius 3 is 2.59 bits per heavy atom. The summed E-state index contributed by atoms with van der Waals surface area (Å²) >= 11 is 0. The predicted molar refractivity (Wildman–Crippen MR) is 97.7 cm³/mol. The van der Waals surface area contributed by atoms with Gasteiger partial charge in [-0.25, -0.2) is 17.8 Å². The van der Waals surface area contributed by atoms with E-state index in [1.54, 1.807) is 18.3 Å². The van der Waals surface area contributed by atoms with Gasteiger partial charge in [-0.1, -0.05) is 0 Å². The van der Waals surface area contributed by atoms with Crippen LogP contribution in [0.1, 0.15) is 24.7 Å². The molecule has 0 bridgehead atoms. The van der Waals surface area contributed by atoms with Gasteiger partial charge in [0.2, 0.25) is 0 Å². The molecule has 27 heavy (non-hydrogen) atoms. The van der Waals surface area contributed by atoms with Crippen LogP contribution in [0.3, 0.4) is 0 Å². The summed E-state index contributed by atoms with van der Waals surface area (Å²) in [6.45, 7) is 0. The Morgan fingerprint density at radius 2 is 1.93 bits per heavy atom. The molecule has 2 aromatic carbocycles. The third-order valence-electron chi connectivity index (χ3n) is 4.30. The van der Waals surface area contributed by atoms with E-state index in [1.807, 2.05) is 0 Å². The number of hydrogen-bond acceptors (Lipinski definition) is 5. The normalized spacial score (nSPS) is 14.1. The molecule has 6 nitrogen and oxygen atoms in total. The first-order valence-electron chi connectivity index (χ1n) is 8.39. The lowest BCUT2D eigenvalue weighted by Crippen LogP contribution is -2.13. The molecule has 1 fully saturated rings. The lowest BCUT2D eigenvalue weighted by Gasteiger charge is -2.10. The second kappa shape index (κ2) is 6.70. The van der Waals surface area contributed by atoms with Gasteiger partial charge < -0.3 is 9.15 Å². The van der Waals surface area contributed by atoms with Crippen LogP contribution in [0.15, 0.2) is 58.0 Å². The summed E-state index contributed by atoms with van der Waals surface area (Å²) in [5.41, 5.74) is 0.957. The van der Waals surface area contributed by atoms with E-state index in [-0.39, 0.29) is 16.3 Å². The molecule has 0 atom stereocenters. The molecule has 1 N–H and O–H groups in total. The molecular weight excluding hydrogens is 371 g/mol. The fourth-order valence-electron chi connectivity index (χ4n) is 2.68. The summed E-state index contributed by atoms with van der Waals surface area (Å²) in [5, 5.41) is 0. The smallest absolute Gasteiger partial charge is 0.261 e. The van der Waals surface area contributed by atoms with E-state index >= 15 is 0 Å². The van der Waals surface area contributed by atoms with Crippen LogP contribution < -0.4 is 9.46 Å². The van der Waals surface area contributed by atoms with Gasteiger partial charge in [0.15, 0.2) is 23.2 Å². The lowest BCUT2D eigenvalue weighted by molar-refractivity contribution is 0.387. The number of benzene rings is 2. The van der Waals surface area contributed by atoms with Crippen molar-refractivity contribution in [2.45, 2.75) is 23.7 Å². The van der Waals surface area contributed by atoms with Crippen molar-refractivity contribution in [2.24, 2.45) is 0 Å². The predicted octanol–water partition coefficient (Wildman–Crippen LogP) is 4.17. The van der Waals surface area contributed by atoms with Gasteiger partial charge in [-0.15, -0.1) is 0 Å². The van der Waals surface area contributed by atoms with Gasteiger partial charge in [0.05, 0.1) is 23.9 Å². The molecule has 0 saturated heterocycles. The highest BCUT2D eigenvalue weighted by Gasteiger charge is 2.28. The first-order valence-corrected chi connectivity index (χ1v) is 9.87. The minimum atomic E-state index is -3.82. The molecule has 1 saturated carbocycles. The Morgan fingerprint density at radius 1 is 1.19 bits per heavy atom. The maximum absolute atomic E-state index is 13.5. The number of nitrogens with one attached hydrogen (secondary N) is 1. The minimum Gasteiger partial charge on any atom is -0.494 e. The van der Waals surface area contributed by atoms with Crippen molar-refractivity contribution in [3.8, 4) is 17.1 Å². The van der Waals surface area contributed by atoms with Gasteiger partial charge in [0.25, 0.3) is 10.0 Å². The molecule has 4 rings (SSSR count). The topological polar surface area (TPSA) is 81.4 Å². The van der Waals surface area contributed by atoms with Crippen molar-refractivity contribution in [2.75, 3.05) is 11.8 Å².